The fourth-order valence-electron chi connectivity index (χ4n) is 0.629. The van der Waals surface area contributed by atoms with Crippen LogP contribution in [0.3, 0.4) is 0 Å². The topological polar surface area (TPSA) is 52.4 Å². The molecule has 0 unspecified atom stereocenters. The molecular weight excluding hydrogens is 166 g/mol. The Bertz CT molecular complexity index is 259. The maximum Gasteiger partial charge on any atom is 0.269 e. The summed E-state index contributed by atoms with van der Waals surface area (Å²) in [5.41, 5.74) is 0.0409. The van der Waals surface area contributed by atoms with Crippen LogP contribution < -0.4 is 4.18 Å². The van der Waals surface area contributed by atoms with E-state index >= 15 is 0 Å². The molecule has 0 spiro atoms. The first kappa shape index (κ1) is 7.87. The number of rotatable bonds is 2. The van der Waals surface area contributed by atoms with Crippen LogP contribution in [0.5, 0.6) is 5.75 Å². The van der Waals surface area contributed by atoms with E-state index in [2.05, 4.69) is 17.1 Å². The van der Waals surface area contributed by atoms with E-state index in [4.69, 9.17) is 0 Å². The Morgan fingerprint density at radius 2 is 1.91 bits per heavy atom. The fourth-order valence-corrected chi connectivity index (χ4v) is 0.750. The van der Waals surface area contributed by atoms with Gasteiger partial charge in [-0.15, -0.1) is 0 Å². The molecule has 0 aromatic heterocycles. The van der Waals surface area contributed by atoms with Crippen LogP contribution >= 0.6 is 12.9 Å². The summed E-state index contributed by atoms with van der Waals surface area (Å²) in [6.45, 7) is 0. The lowest BCUT2D eigenvalue weighted by Gasteiger charge is -1.94. The van der Waals surface area contributed by atoms with Crippen molar-refractivity contribution < 1.29 is 9.11 Å². The largest absolute Gasteiger partial charge is 0.429 e. The normalized spacial score (nSPS) is 9.18. The zero-order valence-electron chi connectivity index (χ0n) is 5.43. The number of nitro benzene ring substituents is 1. The minimum atomic E-state index is -0.470. The van der Waals surface area contributed by atoms with Crippen molar-refractivity contribution in [2.45, 2.75) is 0 Å². The third-order valence-electron chi connectivity index (χ3n) is 1.15. The number of hydrogen-bond acceptors (Lipinski definition) is 4. The lowest BCUT2D eigenvalue weighted by molar-refractivity contribution is -0.384. The summed E-state index contributed by atoms with van der Waals surface area (Å²) >= 11 is 3.53. The summed E-state index contributed by atoms with van der Waals surface area (Å²) in [5, 5.41) is 10.1. The van der Waals surface area contributed by atoms with Crippen LogP contribution in [0.1, 0.15) is 0 Å². The van der Waals surface area contributed by atoms with Gasteiger partial charge in [0, 0.05) is 25.0 Å². The van der Waals surface area contributed by atoms with Crippen LogP contribution in [-0.2, 0) is 0 Å². The van der Waals surface area contributed by atoms with Gasteiger partial charge in [0.05, 0.1) is 4.92 Å². The first-order chi connectivity index (χ1) is 5.24. The number of benzene rings is 1. The van der Waals surface area contributed by atoms with Gasteiger partial charge in [0.25, 0.3) is 5.69 Å². The molecule has 0 N–H and O–H groups in total. The Labute approximate surface area is 68.6 Å². The van der Waals surface area contributed by atoms with Crippen LogP contribution in [-0.4, -0.2) is 4.92 Å². The third kappa shape index (κ3) is 1.84. The number of nitro groups is 1. The maximum absolute atomic E-state index is 10.1. The molecule has 0 atom stereocenters. The van der Waals surface area contributed by atoms with Crippen LogP contribution in [0.15, 0.2) is 24.3 Å². The van der Waals surface area contributed by atoms with Gasteiger partial charge < -0.3 is 4.18 Å². The van der Waals surface area contributed by atoms with Crippen molar-refractivity contribution in [1.29, 1.82) is 0 Å². The Balaban J connectivity index is 2.91. The molecule has 0 heterocycles. The van der Waals surface area contributed by atoms with E-state index in [1.807, 2.05) is 0 Å². The van der Waals surface area contributed by atoms with E-state index in [-0.39, 0.29) is 5.69 Å². The minimum Gasteiger partial charge on any atom is -0.429 e. The standard InChI is InChI=1S/C6H5NO3S/c8-7(9)5-1-3-6(10-11)4-2-5/h1-4,11H. The lowest BCUT2D eigenvalue weighted by atomic mass is 10.3. The van der Waals surface area contributed by atoms with E-state index in [9.17, 15) is 10.1 Å². The zero-order chi connectivity index (χ0) is 8.27. The van der Waals surface area contributed by atoms with Crippen molar-refractivity contribution in [3.8, 4) is 5.75 Å². The molecule has 0 amide bonds. The molecule has 0 bridgehead atoms. The summed E-state index contributed by atoms with van der Waals surface area (Å²) in [6, 6.07) is 5.66. The molecule has 0 saturated carbocycles. The van der Waals surface area contributed by atoms with E-state index in [0.29, 0.717) is 5.75 Å². The summed E-state index contributed by atoms with van der Waals surface area (Å²) < 4.78 is 4.52. The number of hydrogen-bond donors (Lipinski definition) is 1. The molecule has 4 nitrogen and oxygen atoms in total. The van der Waals surface area contributed by atoms with Gasteiger partial charge in [-0.25, -0.2) is 0 Å². The molecule has 0 aliphatic heterocycles. The molecule has 0 saturated heterocycles. The smallest absolute Gasteiger partial charge is 0.269 e. The van der Waals surface area contributed by atoms with Crippen molar-refractivity contribution in [2.24, 2.45) is 0 Å². The van der Waals surface area contributed by atoms with E-state index < -0.39 is 4.92 Å². The molecule has 11 heavy (non-hydrogen) atoms. The quantitative estimate of drug-likeness (QED) is 0.319. The van der Waals surface area contributed by atoms with Gasteiger partial charge in [0.2, 0.25) is 0 Å². The van der Waals surface area contributed by atoms with Crippen molar-refractivity contribution in [3.05, 3.63) is 34.4 Å². The van der Waals surface area contributed by atoms with Crippen LogP contribution in [0, 0.1) is 10.1 Å². The van der Waals surface area contributed by atoms with Gasteiger partial charge in [-0.1, -0.05) is 0 Å². The van der Waals surface area contributed by atoms with Gasteiger partial charge >= 0.3 is 0 Å². The zero-order valence-corrected chi connectivity index (χ0v) is 6.32. The second kappa shape index (κ2) is 3.25. The maximum atomic E-state index is 10.1. The molecule has 0 aliphatic rings. The number of non-ortho nitro benzene ring substituents is 1. The van der Waals surface area contributed by atoms with Crippen molar-refractivity contribution in [3.63, 3.8) is 0 Å². The second-order valence-corrected chi connectivity index (χ2v) is 2.02. The third-order valence-corrected chi connectivity index (χ3v) is 1.36. The second-order valence-electron chi connectivity index (χ2n) is 1.84. The van der Waals surface area contributed by atoms with E-state index in [1.54, 1.807) is 0 Å². The molecule has 5 heteroatoms. The van der Waals surface area contributed by atoms with Crippen molar-refractivity contribution in [1.82, 2.24) is 0 Å². The van der Waals surface area contributed by atoms with Crippen LogP contribution in [0.4, 0.5) is 5.69 Å². The molecular formula is C6H5NO3S. The monoisotopic (exact) mass is 171 g/mol. The molecule has 1 aromatic carbocycles. The molecule has 58 valence electrons. The summed E-state index contributed by atoms with van der Waals surface area (Å²) in [7, 11) is 0. The Hall–Kier alpha value is -1.23. The predicted molar refractivity (Wildman–Crippen MR) is 42.7 cm³/mol. The van der Waals surface area contributed by atoms with Crippen molar-refractivity contribution in [2.75, 3.05) is 0 Å². The minimum absolute atomic E-state index is 0.0409. The summed E-state index contributed by atoms with van der Waals surface area (Å²) in [5.74, 6) is 0.485. The van der Waals surface area contributed by atoms with Gasteiger partial charge in [-0.3, -0.25) is 10.1 Å². The van der Waals surface area contributed by atoms with Crippen LogP contribution in [0.25, 0.3) is 0 Å². The number of thiol groups is 1. The average molecular weight is 171 g/mol. The first-order valence-corrected chi connectivity index (χ1v) is 3.16. The Morgan fingerprint density at radius 3 is 2.27 bits per heavy atom. The highest BCUT2D eigenvalue weighted by Gasteiger charge is 2.02. The average Bonchev–Trinajstić information content (AvgIpc) is 2.05. The first-order valence-electron chi connectivity index (χ1n) is 2.80. The Kier molecular flexibility index (Phi) is 2.32. The van der Waals surface area contributed by atoms with E-state index in [0.717, 1.165) is 0 Å². The highest BCUT2D eigenvalue weighted by atomic mass is 32.1. The summed E-state index contributed by atoms with van der Waals surface area (Å²) in [4.78, 5) is 9.68. The SMILES string of the molecule is O=[N+]([O-])c1ccc(OS)cc1. The molecule has 0 radical (unpaired) electrons. The lowest BCUT2D eigenvalue weighted by Crippen LogP contribution is -1.86. The number of nitrogens with zero attached hydrogens (tertiary/aromatic N) is 1. The predicted octanol–water partition coefficient (Wildman–Crippen LogP) is 1.82. The molecule has 1 rings (SSSR count). The van der Waals surface area contributed by atoms with Gasteiger partial charge in [0.15, 0.2) is 0 Å². The van der Waals surface area contributed by atoms with Gasteiger partial charge in [-0.2, -0.15) is 0 Å². The van der Waals surface area contributed by atoms with E-state index in [1.165, 1.54) is 24.3 Å². The summed E-state index contributed by atoms with van der Waals surface area (Å²) in [6.07, 6.45) is 0. The molecule has 0 aliphatic carbocycles. The molecule has 0 fully saturated rings. The van der Waals surface area contributed by atoms with Crippen LogP contribution in [0.2, 0.25) is 0 Å². The highest BCUT2D eigenvalue weighted by molar-refractivity contribution is 7.75. The fraction of sp³-hybridized carbons (Fsp3) is 0. The van der Waals surface area contributed by atoms with Gasteiger partial charge in [0.1, 0.15) is 5.75 Å². The Morgan fingerprint density at radius 1 is 1.36 bits per heavy atom. The van der Waals surface area contributed by atoms with Gasteiger partial charge in [-0.05, 0) is 12.1 Å². The van der Waals surface area contributed by atoms with Crippen molar-refractivity contribution >= 4 is 18.6 Å². The highest BCUT2D eigenvalue weighted by Crippen LogP contribution is 2.17. The molecule has 1 aromatic rings.